The SMILES string of the molecule is Cc1nc(C)c(C(C)NCCn2cc(C(=O)O)nn2)s1. The first kappa shape index (κ1) is 14.6. The third-order valence-electron chi connectivity index (χ3n) is 2.88. The molecule has 0 saturated heterocycles. The summed E-state index contributed by atoms with van der Waals surface area (Å²) >= 11 is 1.69. The van der Waals surface area contributed by atoms with Crippen LogP contribution in [0, 0.1) is 13.8 Å². The first-order valence-corrected chi connectivity index (χ1v) is 7.09. The molecule has 0 spiro atoms. The second kappa shape index (κ2) is 6.10. The van der Waals surface area contributed by atoms with Crippen LogP contribution in [0.15, 0.2) is 6.20 Å². The summed E-state index contributed by atoms with van der Waals surface area (Å²) in [7, 11) is 0. The molecule has 2 N–H and O–H groups in total. The third kappa shape index (κ3) is 3.40. The van der Waals surface area contributed by atoms with Crippen molar-refractivity contribution in [3.63, 3.8) is 0 Å². The van der Waals surface area contributed by atoms with Gasteiger partial charge in [-0.3, -0.25) is 4.68 Å². The van der Waals surface area contributed by atoms with Gasteiger partial charge < -0.3 is 10.4 Å². The predicted octanol–water partition coefficient (Wildman–Crippen LogP) is 1.40. The van der Waals surface area contributed by atoms with Crippen molar-refractivity contribution in [2.75, 3.05) is 6.54 Å². The van der Waals surface area contributed by atoms with E-state index in [9.17, 15) is 4.79 Å². The highest BCUT2D eigenvalue weighted by Gasteiger charge is 2.12. The predicted molar refractivity (Wildman–Crippen MR) is 75.0 cm³/mol. The third-order valence-corrected chi connectivity index (χ3v) is 4.14. The molecule has 0 bridgehead atoms. The Labute approximate surface area is 120 Å². The molecule has 0 aliphatic carbocycles. The molecule has 0 saturated carbocycles. The van der Waals surface area contributed by atoms with Crippen molar-refractivity contribution in [1.29, 1.82) is 0 Å². The van der Waals surface area contributed by atoms with Crippen LogP contribution in [0.25, 0.3) is 0 Å². The average Bonchev–Trinajstić information content (AvgIpc) is 2.96. The van der Waals surface area contributed by atoms with E-state index in [-0.39, 0.29) is 11.7 Å². The number of thiazole rings is 1. The van der Waals surface area contributed by atoms with Crippen molar-refractivity contribution in [2.45, 2.75) is 33.4 Å². The molecule has 20 heavy (non-hydrogen) atoms. The maximum Gasteiger partial charge on any atom is 0.358 e. The number of carboxylic acids is 1. The largest absolute Gasteiger partial charge is 0.476 e. The van der Waals surface area contributed by atoms with E-state index in [1.807, 2.05) is 13.8 Å². The van der Waals surface area contributed by atoms with E-state index in [0.717, 1.165) is 10.7 Å². The lowest BCUT2D eigenvalue weighted by atomic mass is 10.2. The lowest BCUT2D eigenvalue weighted by molar-refractivity contribution is 0.0690. The Kier molecular flexibility index (Phi) is 4.46. The Bertz CT molecular complexity index is 607. The molecule has 2 aromatic heterocycles. The molecule has 1 atom stereocenters. The Balaban J connectivity index is 1.86. The van der Waals surface area contributed by atoms with Crippen LogP contribution >= 0.6 is 11.3 Å². The minimum absolute atomic E-state index is 0.0352. The minimum atomic E-state index is -1.06. The summed E-state index contributed by atoms with van der Waals surface area (Å²) in [6.07, 6.45) is 1.43. The lowest BCUT2D eigenvalue weighted by Crippen LogP contribution is -2.23. The molecule has 2 rings (SSSR count). The fourth-order valence-electron chi connectivity index (χ4n) is 1.94. The highest BCUT2D eigenvalue weighted by Crippen LogP contribution is 2.24. The van der Waals surface area contributed by atoms with Gasteiger partial charge in [-0.15, -0.1) is 16.4 Å². The van der Waals surface area contributed by atoms with Crippen LogP contribution in [0.1, 0.15) is 39.0 Å². The number of rotatable bonds is 6. The zero-order chi connectivity index (χ0) is 14.7. The fraction of sp³-hybridized carbons (Fsp3) is 0.500. The van der Waals surface area contributed by atoms with Crippen LogP contribution < -0.4 is 5.32 Å². The number of carbonyl (C=O) groups is 1. The zero-order valence-electron chi connectivity index (χ0n) is 11.6. The molecule has 2 aromatic rings. The molecule has 0 aliphatic heterocycles. The smallest absolute Gasteiger partial charge is 0.358 e. The number of carboxylic acid groups (broad SMARTS) is 1. The average molecular weight is 295 g/mol. The number of aromatic nitrogens is 4. The topological polar surface area (TPSA) is 92.9 Å². The van der Waals surface area contributed by atoms with Gasteiger partial charge in [-0.1, -0.05) is 5.21 Å². The van der Waals surface area contributed by atoms with Crippen LogP contribution in [-0.4, -0.2) is 37.6 Å². The fourth-order valence-corrected chi connectivity index (χ4v) is 2.90. The van der Waals surface area contributed by atoms with E-state index in [4.69, 9.17) is 5.11 Å². The molecule has 0 radical (unpaired) electrons. The van der Waals surface area contributed by atoms with Gasteiger partial charge in [0.25, 0.3) is 0 Å². The molecule has 1 unspecified atom stereocenters. The Morgan fingerprint density at radius 2 is 2.30 bits per heavy atom. The molecule has 2 heterocycles. The molecule has 108 valence electrons. The molecule has 0 aromatic carbocycles. The van der Waals surface area contributed by atoms with Crippen molar-refractivity contribution in [3.8, 4) is 0 Å². The van der Waals surface area contributed by atoms with Crippen molar-refractivity contribution < 1.29 is 9.90 Å². The minimum Gasteiger partial charge on any atom is -0.476 e. The van der Waals surface area contributed by atoms with Gasteiger partial charge in [-0.2, -0.15) is 0 Å². The van der Waals surface area contributed by atoms with Crippen LogP contribution in [0.3, 0.4) is 0 Å². The summed E-state index contributed by atoms with van der Waals surface area (Å²) in [6.45, 7) is 7.34. The van der Waals surface area contributed by atoms with Gasteiger partial charge in [0.15, 0.2) is 5.69 Å². The van der Waals surface area contributed by atoms with Gasteiger partial charge in [-0.05, 0) is 20.8 Å². The first-order valence-electron chi connectivity index (χ1n) is 6.28. The van der Waals surface area contributed by atoms with Crippen LogP contribution in [0.5, 0.6) is 0 Å². The maximum absolute atomic E-state index is 10.7. The van der Waals surface area contributed by atoms with Crippen molar-refractivity contribution in [3.05, 3.63) is 27.5 Å². The van der Waals surface area contributed by atoms with Crippen molar-refractivity contribution in [2.24, 2.45) is 0 Å². The van der Waals surface area contributed by atoms with E-state index in [0.29, 0.717) is 13.1 Å². The highest BCUT2D eigenvalue weighted by molar-refractivity contribution is 7.11. The van der Waals surface area contributed by atoms with Crippen LogP contribution in [0.4, 0.5) is 0 Å². The van der Waals surface area contributed by atoms with E-state index >= 15 is 0 Å². The highest BCUT2D eigenvalue weighted by atomic mass is 32.1. The Hall–Kier alpha value is -1.80. The summed E-state index contributed by atoms with van der Waals surface area (Å²) in [4.78, 5) is 16.3. The van der Waals surface area contributed by atoms with Gasteiger partial charge in [0.1, 0.15) is 0 Å². The zero-order valence-corrected chi connectivity index (χ0v) is 12.4. The van der Waals surface area contributed by atoms with Gasteiger partial charge >= 0.3 is 5.97 Å². The summed E-state index contributed by atoms with van der Waals surface area (Å²) in [6, 6.07) is 0.212. The summed E-state index contributed by atoms with van der Waals surface area (Å²) in [5.74, 6) is -1.06. The summed E-state index contributed by atoms with van der Waals surface area (Å²) in [5, 5.41) is 20.5. The maximum atomic E-state index is 10.7. The molecular weight excluding hydrogens is 278 g/mol. The normalized spacial score (nSPS) is 12.6. The monoisotopic (exact) mass is 295 g/mol. The Morgan fingerprint density at radius 1 is 1.55 bits per heavy atom. The van der Waals surface area contributed by atoms with Crippen molar-refractivity contribution >= 4 is 17.3 Å². The second-order valence-corrected chi connectivity index (χ2v) is 5.77. The number of nitrogens with one attached hydrogen (secondary N) is 1. The van der Waals surface area contributed by atoms with E-state index < -0.39 is 5.97 Å². The van der Waals surface area contributed by atoms with Crippen LogP contribution in [0.2, 0.25) is 0 Å². The number of aromatic carboxylic acids is 1. The number of nitrogens with zero attached hydrogens (tertiary/aromatic N) is 4. The number of hydrogen-bond acceptors (Lipinski definition) is 6. The lowest BCUT2D eigenvalue weighted by Gasteiger charge is -2.12. The quantitative estimate of drug-likeness (QED) is 0.837. The van der Waals surface area contributed by atoms with E-state index in [1.54, 1.807) is 11.3 Å². The molecule has 0 aliphatic rings. The summed E-state index contributed by atoms with van der Waals surface area (Å²) < 4.78 is 1.52. The standard InChI is InChI=1S/C12H17N5O2S/c1-7(11-8(2)14-9(3)20-11)13-4-5-17-6-10(12(18)19)15-16-17/h6-7,13H,4-5H2,1-3H3,(H,18,19). The molecule has 0 amide bonds. The van der Waals surface area contributed by atoms with E-state index in [1.165, 1.54) is 15.8 Å². The molecule has 0 fully saturated rings. The Morgan fingerprint density at radius 3 is 2.85 bits per heavy atom. The van der Waals surface area contributed by atoms with Crippen LogP contribution in [-0.2, 0) is 6.54 Å². The molecule has 7 nitrogen and oxygen atoms in total. The number of hydrogen-bond donors (Lipinski definition) is 2. The van der Waals surface area contributed by atoms with Gasteiger partial charge in [-0.25, -0.2) is 9.78 Å². The summed E-state index contributed by atoms with van der Waals surface area (Å²) in [5.41, 5.74) is 1.02. The van der Waals surface area contributed by atoms with E-state index in [2.05, 4.69) is 27.5 Å². The molecule has 8 heteroatoms. The van der Waals surface area contributed by atoms with Gasteiger partial charge in [0, 0.05) is 17.5 Å². The number of aryl methyl sites for hydroxylation is 2. The molecular formula is C12H17N5O2S. The van der Waals surface area contributed by atoms with Gasteiger partial charge in [0.2, 0.25) is 0 Å². The first-order chi connectivity index (χ1) is 9.47. The van der Waals surface area contributed by atoms with Crippen molar-refractivity contribution in [1.82, 2.24) is 25.3 Å². The second-order valence-electron chi connectivity index (χ2n) is 4.53. The van der Waals surface area contributed by atoms with Gasteiger partial charge in [0.05, 0.1) is 23.4 Å².